The molecule has 18 heteroatoms. The van der Waals surface area contributed by atoms with Crippen LogP contribution in [-0.2, 0) is 75.0 Å². The lowest BCUT2D eigenvalue weighted by Gasteiger charge is -2.65. The molecule has 2 amide bonds. The molecule has 2 saturated heterocycles. The van der Waals surface area contributed by atoms with Gasteiger partial charge in [0.2, 0.25) is 11.8 Å². The molecule has 8 aliphatic rings. The largest absolute Gasteiger partial charge is 0.504 e. The molecule has 2 saturated carbocycles. The molecule has 0 unspecified atom stereocenters. The molecule has 18 nitrogen and oxygen atoms in total. The Morgan fingerprint density at radius 3 is 1.38 bits per heavy atom. The number of esters is 2. The molecule has 4 aliphatic heterocycles. The number of piperidine rings is 2. The molecule has 6 N–H and O–H groups in total. The summed E-state index contributed by atoms with van der Waals surface area (Å²) >= 11 is 0. The molecule has 4 heterocycles. The van der Waals surface area contributed by atoms with Crippen LogP contribution in [0.4, 0.5) is 0 Å². The van der Waals surface area contributed by atoms with Gasteiger partial charge in [-0.15, -0.1) is 0 Å². The topological polar surface area (TPSA) is 219 Å². The monoisotopic (exact) mass is 1040 g/mol. The first-order valence-corrected chi connectivity index (χ1v) is 26.7. The summed E-state index contributed by atoms with van der Waals surface area (Å²) < 4.78 is 36.5. The quantitative estimate of drug-likeness (QED) is 0.0888. The standard InChI is InChI=1S/2C29H35N3O6/c2*1-32-13-12-28-25-19-8-9-21(33)26(25)38-27(28)20(10-11-29(28,36-2)22(32)14-19)30-15-23(34)31-16-24(35)37-17-18-6-4-3-5-7-18/h2*3-9,20,22,27,30,33H,10-17H2,1-2H3,(H,31,34)/t20-,22+,27-,28-,29+;20-,22-,27+,28+,29-/m01/s1. The summed E-state index contributed by atoms with van der Waals surface area (Å²) in [5.74, 6) is -0.103. The Kier molecular flexibility index (Phi) is 14.0. The molecule has 0 radical (unpaired) electrons. The van der Waals surface area contributed by atoms with Gasteiger partial charge in [-0.1, -0.05) is 72.8 Å². The van der Waals surface area contributed by atoms with Crippen LogP contribution < -0.4 is 30.7 Å². The van der Waals surface area contributed by atoms with Crippen LogP contribution in [0, 0.1) is 0 Å². The average molecular weight is 1040 g/mol. The molecule has 4 aromatic carbocycles. The highest BCUT2D eigenvalue weighted by Crippen LogP contribution is 2.68. The summed E-state index contributed by atoms with van der Waals surface area (Å²) in [5, 5.41) is 33.6. The molecule has 12 rings (SSSR count). The van der Waals surface area contributed by atoms with E-state index in [1.807, 2.05) is 72.8 Å². The lowest BCUT2D eigenvalue weighted by molar-refractivity contribution is -0.203. The van der Waals surface area contributed by atoms with Crippen molar-refractivity contribution in [1.82, 2.24) is 31.1 Å². The Balaban J connectivity index is 0.000000162. The number of likely N-dealkylation sites (tertiary alicyclic amines) is 2. The highest BCUT2D eigenvalue weighted by molar-refractivity contribution is 5.84. The van der Waals surface area contributed by atoms with Gasteiger partial charge in [-0.3, -0.25) is 19.2 Å². The Morgan fingerprint density at radius 2 is 0.987 bits per heavy atom. The van der Waals surface area contributed by atoms with Gasteiger partial charge in [0.1, 0.15) is 38.5 Å². The van der Waals surface area contributed by atoms with Crippen LogP contribution in [0.1, 0.15) is 71.9 Å². The summed E-state index contributed by atoms with van der Waals surface area (Å²) in [5.41, 5.74) is 4.69. The van der Waals surface area contributed by atoms with Crippen LogP contribution in [0.2, 0.25) is 0 Å². The fourth-order valence-electron chi connectivity index (χ4n) is 15.2. The minimum absolute atomic E-state index is 0.0467. The van der Waals surface area contributed by atoms with Gasteiger partial charge in [-0.05, 0) is 113 Å². The van der Waals surface area contributed by atoms with E-state index in [1.165, 1.54) is 11.1 Å². The second-order valence-corrected chi connectivity index (χ2v) is 21.9. The third-order valence-electron chi connectivity index (χ3n) is 18.5. The minimum Gasteiger partial charge on any atom is -0.504 e. The lowest BCUT2D eigenvalue weighted by atomic mass is 9.48. The van der Waals surface area contributed by atoms with E-state index in [4.69, 9.17) is 28.4 Å². The second kappa shape index (κ2) is 20.6. The predicted molar refractivity (Wildman–Crippen MR) is 278 cm³/mol. The number of phenolic OH excluding ortho intramolecular Hbond substituents is 2. The van der Waals surface area contributed by atoms with Crippen LogP contribution in [0.5, 0.6) is 23.0 Å². The molecule has 4 fully saturated rings. The normalized spacial score (nSPS) is 30.7. The highest BCUT2D eigenvalue weighted by Gasteiger charge is 2.75. The number of aromatic hydroxyl groups is 2. The number of ether oxygens (including phenoxy) is 6. The number of carbonyl (C=O) groups is 4. The van der Waals surface area contributed by atoms with Crippen molar-refractivity contribution in [1.29, 1.82) is 0 Å². The van der Waals surface area contributed by atoms with Crippen LogP contribution >= 0.6 is 0 Å². The van der Waals surface area contributed by atoms with Crippen molar-refractivity contribution in [3.8, 4) is 23.0 Å². The van der Waals surface area contributed by atoms with Gasteiger partial charge in [0.25, 0.3) is 0 Å². The fraction of sp³-hybridized carbons (Fsp3) is 0.517. The van der Waals surface area contributed by atoms with Crippen molar-refractivity contribution in [2.75, 3.05) is 67.6 Å². The number of rotatable bonds is 16. The number of likely N-dealkylation sites (N-methyl/N-ethyl adjacent to an activating group) is 2. The van der Waals surface area contributed by atoms with Gasteiger partial charge in [0.15, 0.2) is 23.0 Å². The molecule has 76 heavy (non-hydrogen) atoms. The maximum Gasteiger partial charge on any atom is 0.325 e. The van der Waals surface area contributed by atoms with Gasteiger partial charge in [0.05, 0.1) is 35.1 Å². The zero-order chi connectivity index (χ0) is 53.0. The van der Waals surface area contributed by atoms with Gasteiger partial charge < -0.3 is 69.7 Å². The van der Waals surface area contributed by atoms with E-state index in [-0.39, 0.29) is 99.1 Å². The zero-order valence-corrected chi connectivity index (χ0v) is 43.7. The molecule has 4 bridgehead atoms. The number of phenols is 2. The van der Waals surface area contributed by atoms with E-state index in [1.54, 1.807) is 26.4 Å². The predicted octanol–water partition coefficient (Wildman–Crippen LogP) is 3.30. The van der Waals surface area contributed by atoms with Crippen molar-refractivity contribution in [3.05, 3.63) is 118 Å². The number of carbonyl (C=O) groups excluding carboxylic acids is 4. The Bertz CT molecular complexity index is 2670. The second-order valence-electron chi connectivity index (χ2n) is 21.9. The SMILES string of the molecule is CO[C@@]12CC[C@@H](NCC(=O)NCC(=O)OCc3ccccc3)[C@@H]3Oc4c(O)ccc5c4[C@@]31CCN(C)[C@@H]2C5.CO[C@@]12CC[C@H](NCC(=O)NCC(=O)OCc3ccccc3)[C@@H]3Oc4c(O)ccc5c4[C@@]31CCN(C)[C@@H]2C5. The van der Waals surface area contributed by atoms with Crippen molar-refractivity contribution < 1.29 is 57.8 Å². The number of amides is 2. The molecule has 404 valence electrons. The number of benzene rings is 4. The lowest BCUT2D eigenvalue weighted by Crippen LogP contribution is -2.78. The van der Waals surface area contributed by atoms with Crippen molar-refractivity contribution >= 4 is 23.8 Å². The van der Waals surface area contributed by atoms with Crippen molar-refractivity contribution in [2.24, 2.45) is 0 Å². The first kappa shape index (κ1) is 51.8. The Hall–Kier alpha value is -6.28. The van der Waals surface area contributed by atoms with Gasteiger partial charge in [-0.25, -0.2) is 0 Å². The maximum atomic E-state index is 12.6. The smallest absolute Gasteiger partial charge is 0.325 e. The number of nitrogens with zero attached hydrogens (tertiary/aromatic N) is 2. The maximum absolute atomic E-state index is 12.6. The molecule has 4 aliphatic carbocycles. The van der Waals surface area contributed by atoms with E-state index in [2.05, 4.69) is 45.2 Å². The molecular weight excluding hydrogens is 973 g/mol. The Morgan fingerprint density at radius 1 is 0.579 bits per heavy atom. The first-order chi connectivity index (χ1) is 36.8. The van der Waals surface area contributed by atoms with Crippen LogP contribution in [0.25, 0.3) is 0 Å². The Labute approximate surface area is 443 Å². The number of hydrogen-bond donors (Lipinski definition) is 6. The number of hydrogen-bond acceptors (Lipinski definition) is 16. The third kappa shape index (κ3) is 8.38. The summed E-state index contributed by atoms with van der Waals surface area (Å²) in [6.07, 6.45) is 6.01. The van der Waals surface area contributed by atoms with E-state index in [9.17, 15) is 29.4 Å². The summed E-state index contributed by atoms with van der Waals surface area (Å²) in [4.78, 5) is 54.3. The number of methoxy groups -OCH3 is 2. The number of nitrogens with one attached hydrogen (secondary N) is 4. The van der Waals surface area contributed by atoms with E-state index in [0.29, 0.717) is 11.5 Å². The van der Waals surface area contributed by atoms with Crippen LogP contribution in [0.3, 0.4) is 0 Å². The van der Waals surface area contributed by atoms with E-state index in [0.717, 1.165) is 86.7 Å². The molecule has 10 atom stereocenters. The van der Waals surface area contributed by atoms with Gasteiger partial charge in [0, 0.05) is 49.5 Å². The highest BCUT2D eigenvalue weighted by atomic mass is 16.5. The zero-order valence-electron chi connectivity index (χ0n) is 43.7. The first-order valence-electron chi connectivity index (χ1n) is 26.7. The summed E-state index contributed by atoms with van der Waals surface area (Å²) in [6.45, 7) is 1.87. The van der Waals surface area contributed by atoms with Gasteiger partial charge in [-0.2, -0.15) is 0 Å². The van der Waals surface area contributed by atoms with Gasteiger partial charge >= 0.3 is 11.9 Å². The van der Waals surface area contributed by atoms with Crippen LogP contribution in [0.15, 0.2) is 84.9 Å². The molecule has 2 spiro atoms. The van der Waals surface area contributed by atoms with E-state index >= 15 is 0 Å². The van der Waals surface area contributed by atoms with Crippen molar-refractivity contribution in [3.63, 3.8) is 0 Å². The molecular formula is C58H70N6O12. The van der Waals surface area contributed by atoms with Crippen molar-refractivity contribution in [2.45, 2.75) is 123 Å². The summed E-state index contributed by atoms with van der Waals surface area (Å²) in [6, 6.07) is 26.5. The van der Waals surface area contributed by atoms with E-state index < -0.39 is 34.0 Å². The third-order valence-corrected chi connectivity index (χ3v) is 18.5. The fourth-order valence-corrected chi connectivity index (χ4v) is 15.2. The summed E-state index contributed by atoms with van der Waals surface area (Å²) in [7, 11) is 7.92. The average Bonchev–Trinajstić information content (AvgIpc) is 3.80. The molecule has 4 aromatic rings. The minimum atomic E-state index is -0.485. The van der Waals surface area contributed by atoms with Crippen LogP contribution in [-0.4, -0.2) is 159 Å². The molecule has 0 aromatic heterocycles.